The maximum absolute atomic E-state index is 11.4. The van der Waals surface area contributed by atoms with Crippen molar-refractivity contribution in [2.75, 3.05) is 6.61 Å². The fraction of sp³-hybridized carbons (Fsp3) is 0.818. The van der Waals surface area contributed by atoms with E-state index >= 15 is 0 Å². The monoisotopic (exact) mass is 368 g/mol. The zero-order valence-corrected chi connectivity index (χ0v) is 17.3. The number of ketones is 1. The van der Waals surface area contributed by atoms with E-state index < -0.39 is 6.16 Å². The van der Waals surface area contributed by atoms with Crippen LogP contribution in [0.5, 0.6) is 0 Å². The van der Waals surface area contributed by atoms with Crippen molar-refractivity contribution in [1.82, 2.24) is 0 Å². The minimum Gasteiger partial charge on any atom is -0.434 e. The fourth-order valence-electron chi connectivity index (χ4n) is 2.93. The van der Waals surface area contributed by atoms with E-state index in [9.17, 15) is 9.59 Å². The summed E-state index contributed by atoms with van der Waals surface area (Å²) < 4.78 is 9.85. The molecule has 0 saturated carbocycles. The van der Waals surface area contributed by atoms with Crippen LogP contribution in [0.3, 0.4) is 0 Å². The second-order valence-electron chi connectivity index (χ2n) is 7.16. The molecule has 0 amide bonds. The van der Waals surface area contributed by atoms with Gasteiger partial charge < -0.3 is 9.47 Å². The topological polar surface area (TPSA) is 52.6 Å². The molecule has 0 spiro atoms. The molecule has 0 aromatic carbocycles. The molecule has 4 heteroatoms. The third kappa shape index (κ3) is 19.0. The molecule has 4 nitrogen and oxygen atoms in total. The molecule has 0 aromatic heterocycles. The van der Waals surface area contributed by atoms with Gasteiger partial charge in [-0.05, 0) is 20.3 Å². The van der Waals surface area contributed by atoms with Gasteiger partial charge in [-0.15, -0.1) is 0 Å². The highest BCUT2D eigenvalue weighted by molar-refractivity contribution is 5.87. The molecule has 0 N–H and O–H groups in total. The molecule has 152 valence electrons. The summed E-state index contributed by atoms with van der Waals surface area (Å²) in [7, 11) is 0. The van der Waals surface area contributed by atoms with Crippen LogP contribution in [0.1, 0.15) is 111 Å². The van der Waals surface area contributed by atoms with E-state index in [1.165, 1.54) is 90.0 Å². The first-order valence-corrected chi connectivity index (χ1v) is 10.6. The second-order valence-corrected chi connectivity index (χ2v) is 7.16. The van der Waals surface area contributed by atoms with Crippen LogP contribution in [-0.4, -0.2) is 18.5 Å². The van der Waals surface area contributed by atoms with E-state index in [4.69, 9.17) is 9.47 Å². The first-order chi connectivity index (χ1) is 12.6. The summed E-state index contributed by atoms with van der Waals surface area (Å²) in [6, 6.07) is 0. The predicted octanol–water partition coefficient (Wildman–Crippen LogP) is 7.11. The SMILES string of the molecule is CCCCCCCCCCCCCCCCOC(=O)O/C(C)=C/C(C)=O. The van der Waals surface area contributed by atoms with Gasteiger partial charge in [0.25, 0.3) is 0 Å². The van der Waals surface area contributed by atoms with Crippen molar-refractivity contribution in [2.24, 2.45) is 0 Å². The number of carbonyl (C=O) groups excluding carboxylic acids is 2. The highest BCUT2D eigenvalue weighted by atomic mass is 16.7. The fourth-order valence-corrected chi connectivity index (χ4v) is 2.93. The van der Waals surface area contributed by atoms with Crippen LogP contribution in [0.15, 0.2) is 11.8 Å². The number of rotatable bonds is 17. The van der Waals surface area contributed by atoms with Crippen molar-refractivity contribution in [3.63, 3.8) is 0 Å². The van der Waals surface area contributed by atoms with E-state index in [0.717, 1.165) is 12.8 Å². The summed E-state index contributed by atoms with van der Waals surface area (Å²) in [5.41, 5.74) is 0. The maximum atomic E-state index is 11.4. The lowest BCUT2D eigenvalue weighted by molar-refractivity contribution is -0.112. The Bertz CT molecular complexity index is 388. The number of carbonyl (C=O) groups is 2. The molecule has 0 radical (unpaired) electrons. The Balaban J connectivity index is 3.26. The molecule has 0 atom stereocenters. The Hall–Kier alpha value is -1.32. The molecule has 0 aromatic rings. The number of ether oxygens (including phenoxy) is 2. The van der Waals surface area contributed by atoms with Crippen LogP contribution in [0.4, 0.5) is 4.79 Å². The largest absolute Gasteiger partial charge is 0.513 e. The Morgan fingerprint density at radius 3 is 1.54 bits per heavy atom. The normalized spacial score (nSPS) is 11.4. The van der Waals surface area contributed by atoms with Crippen LogP contribution in [0, 0.1) is 0 Å². The Kier molecular flexibility index (Phi) is 17.5. The standard InChI is InChI=1S/C22H40O4/c1-4-5-6-7-8-9-10-11-12-13-14-15-16-17-18-25-22(24)26-21(3)19-20(2)23/h19H,4-18H2,1-3H3/b21-19+. The van der Waals surface area contributed by atoms with E-state index in [1.807, 2.05) is 0 Å². The van der Waals surface area contributed by atoms with Gasteiger partial charge in [0.2, 0.25) is 0 Å². The number of unbranched alkanes of at least 4 members (excludes halogenated alkanes) is 13. The highest BCUT2D eigenvalue weighted by Gasteiger charge is 2.05. The van der Waals surface area contributed by atoms with Gasteiger partial charge in [0.05, 0.1) is 6.61 Å². The summed E-state index contributed by atoms with van der Waals surface area (Å²) in [4.78, 5) is 22.2. The van der Waals surface area contributed by atoms with Crippen LogP contribution >= 0.6 is 0 Å². The van der Waals surface area contributed by atoms with Crippen molar-refractivity contribution >= 4 is 11.9 Å². The van der Waals surface area contributed by atoms with Crippen molar-refractivity contribution in [1.29, 1.82) is 0 Å². The first-order valence-electron chi connectivity index (χ1n) is 10.6. The van der Waals surface area contributed by atoms with Gasteiger partial charge in [-0.25, -0.2) is 4.79 Å². The van der Waals surface area contributed by atoms with Crippen LogP contribution in [0.2, 0.25) is 0 Å². The average molecular weight is 369 g/mol. The quantitative estimate of drug-likeness (QED) is 0.119. The zero-order chi connectivity index (χ0) is 19.5. The first kappa shape index (κ1) is 24.7. The van der Waals surface area contributed by atoms with Crippen molar-refractivity contribution in [3.05, 3.63) is 11.8 Å². The zero-order valence-electron chi connectivity index (χ0n) is 17.3. The molecule has 0 aliphatic heterocycles. The van der Waals surface area contributed by atoms with Gasteiger partial charge in [-0.3, -0.25) is 4.79 Å². The van der Waals surface area contributed by atoms with E-state index in [2.05, 4.69) is 6.92 Å². The molecular weight excluding hydrogens is 328 g/mol. The minimum absolute atomic E-state index is 0.151. The number of hydrogen-bond donors (Lipinski definition) is 0. The maximum Gasteiger partial charge on any atom is 0.513 e. The van der Waals surface area contributed by atoms with Gasteiger partial charge >= 0.3 is 6.16 Å². The van der Waals surface area contributed by atoms with Gasteiger partial charge in [0, 0.05) is 6.08 Å². The lowest BCUT2D eigenvalue weighted by atomic mass is 10.0. The van der Waals surface area contributed by atoms with Crippen LogP contribution in [0.25, 0.3) is 0 Å². The summed E-state index contributed by atoms with van der Waals surface area (Å²) >= 11 is 0. The highest BCUT2D eigenvalue weighted by Crippen LogP contribution is 2.13. The van der Waals surface area contributed by atoms with Crippen LogP contribution < -0.4 is 0 Å². The molecule has 0 aliphatic rings. The van der Waals surface area contributed by atoms with Crippen LogP contribution in [-0.2, 0) is 14.3 Å². The Labute approximate surface area is 160 Å². The van der Waals surface area contributed by atoms with Gasteiger partial charge in [-0.1, -0.05) is 90.4 Å². The molecule has 0 unspecified atom stereocenters. The van der Waals surface area contributed by atoms with Gasteiger partial charge in [0.1, 0.15) is 5.76 Å². The lowest BCUT2D eigenvalue weighted by Gasteiger charge is -2.06. The Morgan fingerprint density at radius 2 is 1.12 bits per heavy atom. The summed E-state index contributed by atoms with van der Waals surface area (Å²) in [5.74, 6) is 0.116. The summed E-state index contributed by atoms with van der Waals surface area (Å²) in [6.45, 7) is 5.62. The molecule has 26 heavy (non-hydrogen) atoms. The Morgan fingerprint density at radius 1 is 0.692 bits per heavy atom. The van der Waals surface area contributed by atoms with E-state index in [1.54, 1.807) is 6.92 Å². The molecule has 0 aliphatic carbocycles. The third-order valence-electron chi connectivity index (χ3n) is 4.37. The van der Waals surface area contributed by atoms with E-state index in [-0.39, 0.29) is 11.5 Å². The molecule has 0 bridgehead atoms. The molecule has 0 fully saturated rings. The average Bonchev–Trinajstić information content (AvgIpc) is 2.57. The minimum atomic E-state index is -0.727. The smallest absolute Gasteiger partial charge is 0.434 e. The second kappa shape index (κ2) is 18.5. The summed E-state index contributed by atoms with van der Waals surface area (Å²) in [5, 5.41) is 0. The molecular formula is C22H40O4. The van der Waals surface area contributed by atoms with Crippen molar-refractivity contribution < 1.29 is 19.1 Å². The lowest BCUT2D eigenvalue weighted by Crippen LogP contribution is -2.08. The molecule has 0 heterocycles. The number of allylic oxidation sites excluding steroid dienone is 2. The predicted molar refractivity (Wildman–Crippen MR) is 107 cm³/mol. The molecule has 0 rings (SSSR count). The van der Waals surface area contributed by atoms with Crippen molar-refractivity contribution in [2.45, 2.75) is 111 Å². The van der Waals surface area contributed by atoms with Gasteiger partial charge in [-0.2, -0.15) is 0 Å². The summed E-state index contributed by atoms with van der Waals surface area (Å²) in [6.07, 6.45) is 18.7. The van der Waals surface area contributed by atoms with E-state index in [0.29, 0.717) is 6.61 Å². The van der Waals surface area contributed by atoms with Gasteiger partial charge in [0.15, 0.2) is 5.78 Å². The third-order valence-corrected chi connectivity index (χ3v) is 4.37. The molecule has 0 saturated heterocycles. The number of hydrogen-bond acceptors (Lipinski definition) is 4. The van der Waals surface area contributed by atoms with Crippen molar-refractivity contribution in [3.8, 4) is 0 Å².